The highest BCUT2D eigenvalue weighted by Crippen LogP contribution is 2.30. The zero-order valence-corrected chi connectivity index (χ0v) is 13.6. The fourth-order valence-electron chi connectivity index (χ4n) is 2.01. The van der Waals surface area contributed by atoms with Crippen LogP contribution >= 0.6 is 15.9 Å². The third-order valence-corrected chi connectivity index (χ3v) is 3.67. The molecule has 0 aliphatic carbocycles. The smallest absolute Gasteiger partial charge is 0.323 e. The van der Waals surface area contributed by atoms with Gasteiger partial charge >= 0.3 is 5.97 Å². The van der Waals surface area contributed by atoms with E-state index < -0.39 is 11.9 Å². The molecule has 21 heavy (non-hydrogen) atoms. The molecule has 1 aromatic heterocycles. The third kappa shape index (κ3) is 3.69. The van der Waals surface area contributed by atoms with Gasteiger partial charge in [-0.05, 0) is 25.0 Å². The fraction of sp³-hybridized carbons (Fsp3) is 0.400. The van der Waals surface area contributed by atoms with Gasteiger partial charge in [-0.1, -0.05) is 46.2 Å². The maximum absolute atomic E-state index is 12.3. The first-order valence-electron chi connectivity index (χ1n) is 6.90. The average molecular weight is 353 g/mol. The van der Waals surface area contributed by atoms with E-state index in [0.29, 0.717) is 12.4 Å². The lowest BCUT2D eigenvalue weighted by Crippen LogP contribution is -2.18. The summed E-state index contributed by atoms with van der Waals surface area (Å²) in [6.07, 6.45) is 1.63. The largest absolute Gasteiger partial charge is 0.465 e. The number of hydrogen-bond acceptors (Lipinski definition) is 5. The molecule has 1 unspecified atom stereocenters. The van der Waals surface area contributed by atoms with Crippen molar-refractivity contribution in [3.63, 3.8) is 0 Å². The highest BCUT2D eigenvalue weighted by molar-refractivity contribution is 9.10. The lowest BCUT2D eigenvalue weighted by molar-refractivity contribution is -0.144. The van der Waals surface area contributed by atoms with Gasteiger partial charge in [0.25, 0.3) is 0 Å². The fourth-order valence-corrected chi connectivity index (χ4v) is 2.52. The first kappa shape index (κ1) is 15.7. The van der Waals surface area contributed by atoms with Crippen molar-refractivity contribution < 1.29 is 14.1 Å². The first-order chi connectivity index (χ1) is 10.2. The summed E-state index contributed by atoms with van der Waals surface area (Å²) in [6.45, 7) is 4.10. The van der Waals surface area contributed by atoms with Gasteiger partial charge in [0.1, 0.15) is 0 Å². The van der Waals surface area contributed by atoms with E-state index in [1.165, 1.54) is 0 Å². The maximum atomic E-state index is 12.3. The highest BCUT2D eigenvalue weighted by atomic mass is 79.9. The third-order valence-electron chi connectivity index (χ3n) is 2.94. The number of nitrogens with zero attached hydrogens (tertiary/aromatic N) is 2. The summed E-state index contributed by atoms with van der Waals surface area (Å²) in [5.74, 6) is -0.229. The van der Waals surface area contributed by atoms with Crippen molar-refractivity contribution >= 4 is 21.9 Å². The van der Waals surface area contributed by atoms with E-state index >= 15 is 0 Å². The maximum Gasteiger partial charge on any atom is 0.323 e. The lowest BCUT2D eigenvalue weighted by atomic mass is 9.99. The number of ether oxygens (including phenoxy) is 1. The van der Waals surface area contributed by atoms with Gasteiger partial charge in [0, 0.05) is 10.9 Å². The van der Waals surface area contributed by atoms with Gasteiger partial charge in [-0.15, -0.1) is 0 Å². The van der Waals surface area contributed by atoms with Crippen LogP contribution in [0.4, 0.5) is 0 Å². The minimum Gasteiger partial charge on any atom is -0.465 e. The van der Waals surface area contributed by atoms with Crippen LogP contribution in [0.5, 0.6) is 0 Å². The van der Waals surface area contributed by atoms with E-state index in [1.807, 2.05) is 31.2 Å². The highest BCUT2D eigenvalue weighted by Gasteiger charge is 2.31. The van der Waals surface area contributed by atoms with Gasteiger partial charge in [0.15, 0.2) is 11.7 Å². The second-order valence-electron chi connectivity index (χ2n) is 4.51. The zero-order chi connectivity index (χ0) is 15.2. The van der Waals surface area contributed by atoms with Gasteiger partial charge in [-0.2, -0.15) is 4.98 Å². The van der Waals surface area contributed by atoms with Crippen LogP contribution in [0, 0.1) is 0 Å². The van der Waals surface area contributed by atoms with Crippen LogP contribution < -0.4 is 0 Å². The number of hydrogen-bond donors (Lipinski definition) is 0. The molecule has 1 atom stereocenters. The second kappa shape index (κ2) is 7.36. The van der Waals surface area contributed by atoms with E-state index in [-0.39, 0.29) is 5.89 Å². The summed E-state index contributed by atoms with van der Waals surface area (Å²) in [6, 6.07) is 7.45. The average Bonchev–Trinajstić information content (AvgIpc) is 2.90. The number of aromatic nitrogens is 2. The van der Waals surface area contributed by atoms with Crippen LogP contribution in [0.15, 0.2) is 33.3 Å². The summed E-state index contributed by atoms with van der Waals surface area (Å²) >= 11 is 3.45. The van der Waals surface area contributed by atoms with Crippen molar-refractivity contribution in [1.29, 1.82) is 0 Å². The molecule has 0 radical (unpaired) electrons. The van der Waals surface area contributed by atoms with Crippen molar-refractivity contribution in [2.24, 2.45) is 0 Å². The molecule has 0 amide bonds. The number of carbonyl (C=O) groups excluding carboxylic acids is 1. The van der Waals surface area contributed by atoms with Crippen LogP contribution in [-0.4, -0.2) is 22.7 Å². The summed E-state index contributed by atoms with van der Waals surface area (Å²) < 4.78 is 11.2. The molecule has 112 valence electrons. The molecule has 6 heteroatoms. The Labute approximate surface area is 131 Å². The van der Waals surface area contributed by atoms with E-state index in [1.54, 1.807) is 6.92 Å². The lowest BCUT2D eigenvalue weighted by Gasteiger charge is -2.13. The summed E-state index contributed by atoms with van der Waals surface area (Å²) in [5.41, 5.74) is 0.752. The van der Waals surface area contributed by atoms with Crippen LogP contribution in [0.3, 0.4) is 0 Å². The molecule has 1 heterocycles. The number of esters is 1. The van der Waals surface area contributed by atoms with Crippen molar-refractivity contribution in [3.05, 3.63) is 46.0 Å². The molecule has 0 aliphatic rings. The van der Waals surface area contributed by atoms with Crippen molar-refractivity contribution in [2.45, 2.75) is 32.6 Å². The Bertz CT molecular complexity index is 612. The minimum atomic E-state index is -0.710. The van der Waals surface area contributed by atoms with E-state index in [0.717, 1.165) is 22.9 Å². The molecule has 2 rings (SSSR count). The molecule has 5 nitrogen and oxygen atoms in total. The summed E-state index contributed by atoms with van der Waals surface area (Å²) in [5, 5.41) is 3.92. The molecule has 1 aromatic carbocycles. The topological polar surface area (TPSA) is 65.2 Å². The number of carbonyl (C=O) groups is 1. The Morgan fingerprint density at radius 1 is 1.38 bits per heavy atom. The molecule has 0 aliphatic heterocycles. The monoisotopic (exact) mass is 352 g/mol. The van der Waals surface area contributed by atoms with Crippen LogP contribution in [0.1, 0.15) is 43.5 Å². The van der Waals surface area contributed by atoms with E-state index in [2.05, 4.69) is 26.1 Å². The van der Waals surface area contributed by atoms with Gasteiger partial charge in [-0.3, -0.25) is 4.79 Å². The van der Waals surface area contributed by atoms with Crippen molar-refractivity contribution in [3.8, 4) is 0 Å². The number of rotatable bonds is 6. The Kier molecular flexibility index (Phi) is 5.50. The predicted molar refractivity (Wildman–Crippen MR) is 80.9 cm³/mol. The molecule has 2 aromatic rings. The Morgan fingerprint density at radius 2 is 2.14 bits per heavy atom. The van der Waals surface area contributed by atoms with Crippen LogP contribution in [0.2, 0.25) is 0 Å². The SMILES string of the molecule is CCCc1noc(C(C(=O)OCC)c2ccccc2Br)n1. The van der Waals surface area contributed by atoms with Crippen molar-refractivity contribution in [2.75, 3.05) is 6.61 Å². The van der Waals surface area contributed by atoms with Gasteiger partial charge in [0.05, 0.1) is 6.61 Å². The number of halogens is 1. The Hall–Kier alpha value is -1.69. The van der Waals surface area contributed by atoms with Gasteiger partial charge in [0.2, 0.25) is 5.89 Å². The number of benzene rings is 1. The van der Waals surface area contributed by atoms with Crippen LogP contribution in [0.25, 0.3) is 0 Å². The van der Waals surface area contributed by atoms with E-state index in [9.17, 15) is 4.79 Å². The summed E-state index contributed by atoms with van der Waals surface area (Å²) in [7, 11) is 0. The molecular formula is C15H17BrN2O3. The van der Waals surface area contributed by atoms with Crippen LogP contribution in [-0.2, 0) is 16.0 Å². The normalized spacial score (nSPS) is 12.1. The van der Waals surface area contributed by atoms with Crippen molar-refractivity contribution in [1.82, 2.24) is 10.1 Å². The predicted octanol–water partition coefficient (Wildman–Crippen LogP) is 3.48. The summed E-state index contributed by atoms with van der Waals surface area (Å²) in [4.78, 5) is 16.6. The number of aryl methyl sites for hydroxylation is 1. The Balaban J connectivity index is 2.40. The molecule has 0 saturated carbocycles. The quantitative estimate of drug-likeness (QED) is 0.744. The molecule has 0 spiro atoms. The minimum absolute atomic E-state index is 0.267. The van der Waals surface area contributed by atoms with Gasteiger partial charge in [-0.25, -0.2) is 0 Å². The van der Waals surface area contributed by atoms with E-state index in [4.69, 9.17) is 9.26 Å². The molecular weight excluding hydrogens is 336 g/mol. The Morgan fingerprint density at radius 3 is 2.81 bits per heavy atom. The second-order valence-corrected chi connectivity index (χ2v) is 5.36. The molecule has 0 saturated heterocycles. The molecule has 0 N–H and O–H groups in total. The standard InChI is InChI=1S/C15H17BrN2O3/c1-3-7-12-17-14(21-18-12)13(15(19)20-4-2)10-8-5-6-9-11(10)16/h5-6,8-9,13H,3-4,7H2,1-2H3. The molecule has 0 fully saturated rings. The molecule has 0 bridgehead atoms. The van der Waals surface area contributed by atoms with Gasteiger partial charge < -0.3 is 9.26 Å². The first-order valence-corrected chi connectivity index (χ1v) is 7.70. The zero-order valence-electron chi connectivity index (χ0n) is 12.0.